The van der Waals surface area contributed by atoms with Crippen molar-refractivity contribution in [3.8, 4) is 0 Å². The molecule has 3 aliphatic rings. The van der Waals surface area contributed by atoms with Gasteiger partial charge in [0.15, 0.2) is 5.82 Å². The molecule has 5 nitrogen and oxygen atoms in total. The number of hydrogen-bond donors (Lipinski definition) is 0. The highest BCUT2D eigenvalue weighted by molar-refractivity contribution is 5.76. The molecule has 1 aromatic heterocycles. The van der Waals surface area contributed by atoms with Gasteiger partial charge in [-0.05, 0) is 56.8 Å². The van der Waals surface area contributed by atoms with Gasteiger partial charge in [0.1, 0.15) is 0 Å². The topological polar surface area (TPSA) is 59.2 Å². The number of hydrogen-bond acceptors (Lipinski definition) is 4. The average molecular weight is 303 g/mol. The molecular weight excluding hydrogens is 278 g/mol. The molecule has 22 heavy (non-hydrogen) atoms. The Hall–Kier alpha value is -1.39. The van der Waals surface area contributed by atoms with Crippen molar-refractivity contribution in [3.05, 3.63) is 11.7 Å². The second-order valence-electron chi connectivity index (χ2n) is 7.47. The zero-order chi connectivity index (χ0) is 15.1. The number of rotatable bonds is 3. The van der Waals surface area contributed by atoms with Crippen LogP contribution in [0.2, 0.25) is 0 Å². The van der Waals surface area contributed by atoms with Gasteiger partial charge in [-0.15, -0.1) is 0 Å². The molecule has 0 radical (unpaired) electrons. The van der Waals surface area contributed by atoms with Gasteiger partial charge in [0, 0.05) is 25.4 Å². The third kappa shape index (κ3) is 2.66. The fourth-order valence-corrected chi connectivity index (χ4v) is 4.83. The SMILES string of the molecule is Cc1noc(C2CCN(C(=O)C[C@@H]3C[C@H]4CC[C@H]3C4)CC2)n1. The smallest absolute Gasteiger partial charge is 0.229 e. The minimum Gasteiger partial charge on any atom is -0.343 e. The van der Waals surface area contributed by atoms with Crippen LogP contribution in [-0.2, 0) is 4.79 Å². The van der Waals surface area contributed by atoms with Gasteiger partial charge in [0.2, 0.25) is 11.8 Å². The van der Waals surface area contributed by atoms with Crippen LogP contribution in [0.4, 0.5) is 0 Å². The molecule has 3 atom stereocenters. The van der Waals surface area contributed by atoms with Crippen molar-refractivity contribution in [3.63, 3.8) is 0 Å². The van der Waals surface area contributed by atoms with Gasteiger partial charge in [-0.25, -0.2) is 0 Å². The van der Waals surface area contributed by atoms with Crippen molar-refractivity contribution >= 4 is 5.91 Å². The first-order valence-electron chi connectivity index (χ1n) is 8.77. The van der Waals surface area contributed by atoms with Crippen molar-refractivity contribution in [1.29, 1.82) is 0 Å². The molecule has 0 spiro atoms. The van der Waals surface area contributed by atoms with E-state index < -0.39 is 0 Å². The van der Waals surface area contributed by atoms with E-state index in [1.54, 1.807) is 0 Å². The number of carbonyl (C=O) groups excluding carboxylic acids is 1. The van der Waals surface area contributed by atoms with E-state index in [1.807, 2.05) is 6.92 Å². The number of aryl methyl sites for hydroxylation is 1. The van der Waals surface area contributed by atoms with Crippen LogP contribution in [0.1, 0.15) is 62.6 Å². The Labute approximate surface area is 131 Å². The van der Waals surface area contributed by atoms with Crippen LogP contribution in [0.25, 0.3) is 0 Å². The lowest BCUT2D eigenvalue weighted by Gasteiger charge is -2.32. The maximum Gasteiger partial charge on any atom is 0.229 e. The molecule has 120 valence electrons. The van der Waals surface area contributed by atoms with Crippen molar-refractivity contribution < 1.29 is 9.32 Å². The molecule has 1 aliphatic heterocycles. The van der Waals surface area contributed by atoms with Gasteiger partial charge in [-0.3, -0.25) is 4.79 Å². The largest absolute Gasteiger partial charge is 0.343 e. The summed E-state index contributed by atoms with van der Waals surface area (Å²) in [6.45, 7) is 3.53. The summed E-state index contributed by atoms with van der Waals surface area (Å²) in [5, 5.41) is 3.87. The second-order valence-corrected chi connectivity index (χ2v) is 7.47. The van der Waals surface area contributed by atoms with E-state index in [2.05, 4.69) is 15.0 Å². The highest BCUT2D eigenvalue weighted by Gasteiger charge is 2.41. The van der Waals surface area contributed by atoms with Crippen molar-refractivity contribution in [2.24, 2.45) is 17.8 Å². The van der Waals surface area contributed by atoms with Crippen LogP contribution >= 0.6 is 0 Å². The molecule has 2 heterocycles. The monoisotopic (exact) mass is 303 g/mol. The Bertz CT molecular complexity index is 548. The maximum atomic E-state index is 12.6. The zero-order valence-electron chi connectivity index (χ0n) is 13.3. The minimum absolute atomic E-state index is 0.327. The quantitative estimate of drug-likeness (QED) is 0.861. The maximum absolute atomic E-state index is 12.6. The third-order valence-corrected chi connectivity index (χ3v) is 6.06. The predicted octanol–water partition coefficient (Wildman–Crippen LogP) is 2.91. The van der Waals surface area contributed by atoms with Crippen molar-refractivity contribution in [1.82, 2.24) is 15.0 Å². The van der Waals surface area contributed by atoms with E-state index in [0.717, 1.165) is 50.1 Å². The normalized spacial score (nSPS) is 31.9. The first kappa shape index (κ1) is 14.2. The van der Waals surface area contributed by atoms with E-state index in [4.69, 9.17) is 4.52 Å². The molecule has 4 rings (SSSR count). The first-order valence-corrected chi connectivity index (χ1v) is 8.77. The number of piperidine rings is 1. The number of aromatic nitrogens is 2. The Morgan fingerprint density at radius 3 is 2.64 bits per heavy atom. The molecule has 0 unspecified atom stereocenters. The zero-order valence-corrected chi connectivity index (χ0v) is 13.3. The molecule has 0 aromatic carbocycles. The summed E-state index contributed by atoms with van der Waals surface area (Å²) < 4.78 is 5.28. The molecule has 1 aromatic rings. The summed E-state index contributed by atoms with van der Waals surface area (Å²) in [7, 11) is 0. The summed E-state index contributed by atoms with van der Waals surface area (Å²) in [6.07, 6.45) is 8.13. The minimum atomic E-state index is 0.327. The van der Waals surface area contributed by atoms with Gasteiger partial charge in [0.05, 0.1) is 0 Å². The fourth-order valence-electron chi connectivity index (χ4n) is 4.83. The third-order valence-electron chi connectivity index (χ3n) is 6.06. The van der Waals surface area contributed by atoms with Crippen LogP contribution in [0.3, 0.4) is 0 Å². The van der Waals surface area contributed by atoms with Crippen molar-refractivity contribution in [2.75, 3.05) is 13.1 Å². The lowest BCUT2D eigenvalue weighted by molar-refractivity contribution is -0.133. The summed E-state index contributed by atoms with van der Waals surface area (Å²) in [4.78, 5) is 18.9. The van der Waals surface area contributed by atoms with Crippen LogP contribution in [-0.4, -0.2) is 34.0 Å². The van der Waals surface area contributed by atoms with E-state index in [9.17, 15) is 4.79 Å². The highest BCUT2D eigenvalue weighted by atomic mass is 16.5. The number of amides is 1. The van der Waals surface area contributed by atoms with Gasteiger partial charge >= 0.3 is 0 Å². The molecular formula is C17H25N3O2. The lowest BCUT2D eigenvalue weighted by Crippen LogP contribution is -2.39. The van der Waals surface area contributed by atoms with Crippen LogP contribution in [0.15, 0.2) is 4.52 Å². The summed E-state index contributed by atoms with van der Waals surface area (Å²) in [5.74, 6) is 4.58. The number of fused-ring (bicyclic) bond motifs is 2. The van der Waals surface area contributed by atoms with E-state index >= 15 is 0 Å². The molecule has 3 fully saturated rings. The van der Waals surface area contributed by atoms with Gasteiger partial charge in [-0.1, -0.05) is 11.6 Å². The molecule has 1 saturated heterocycles. The average Bonchev–Trinajstić information content (AvgIpc) is 3.24. The predicted molar refractivity (Wildman–Crippen MR) is 81.1 cm³/mol. The van der Waals surface area contributed by atoms with Crippen molar-refractivity contribution in [2.45, 2.75) is 57.8 Å². The van der Waals surface area contributed by atoms with Gasteiger partial charge in [-0.2, -0.15) is 4.98 Å². The van der Waals surface area contributed by atoms with Gasteiger partial charge < -0.3 is 9.42 Å². The second kappa shape index (κ2) is 5.67. The summed E-state index contributed by atoms with van der Waals surface area (Å²) >= 11 is 0. The van der Waals surface area contributed by atoms with Gasteiger partial charge in [0.25, 0.3) is 0 Å². The molecule has 5 heteroatoms. The summed E-state index contributed by atoms with van der Waals surface area (Å²) in [5.41, 5.74) is 0. The van der Waals surface area contributed by atoms with Crippen LogP contribution < -0.4 is 0 Å². The van der Waals surface area contributed by atoms with Crippen LogP contribution in [0, 0.1) is 24.7 Å². The fraction of sp³-hybridized carbons (Fsp3) is 0.824. The molecule has 0 N–H and O–H groups in total. The molecule has 2 aliphatic carbocycles. The van der Waals surface area contributed by atoms with Crippen LogP contribution in [0.5, 0.6) is 0 Å². The number of nitrogens with zero attached hydrogens (tertiary/aromatic N) is 3. The lowest BCUT2D eigenvalue weighted by atomic mass is 9.86. The highest BCUT2D eigenvalue weighted by Crippen LogP contribution is 2.49. The molecule has 2 saturated carbocycles. The standard InChI is InChI=1S/C17H25N3O2/c1-11-18-17(22-19-11)13-4-6-20(7-5-13)16(21)10-15-9-12-2-3-14(15)8-12/h12-15H,2-10H2,1H3/t12-,14-,15-/m0/s1. The Morgan fingerprint density at radius 2 is 2.05 bits per heavy atom. The Balaban J connectivity index is 1.29. The molecule has 1 amide bonds. The first-order chi connectivity index (χ1) is 10.7. The number of carbonyl (C=O) groups is 1. The Morgan fingerprint density at radius 1 is 1.23 bits per heavy atom. The van der Waals surface area contributed by atoms with E-state index in [1.165, 1.54) is 25.7 Å². The number of likely N-dealkylation sites (tertiary alicyclic amines) is 1. The van der Waals surface area contributed by atoms with E-state index in [-0.39, 0.29) is 0 Å². The van der Waals surface area contributed by atoms with E-state index in [0.29, 0.717) is 23.6 Å². The Kier molecular flexibility index (Phi) is 3.66. The summed E-state index contributed by atoms with van der Waals surface area (Å²) in [6, 6.07) is 0. The molecule has 2 bridgehead atoms.